The molecule has 0 bridgehead atoms. The summed E-state index contributed by atoms with van der Waals surface area (Å²) < 4.78 is 20.8. The average Bonchev–Trinajstić information content (AvgIpc) is 3.06. The quantitative estimate of drug-likeness (QED) is 0.876. The van der Waals surface area contributed by atoms with E-state index in [4.69, 9.17) is 9.84 Å². The first-order valence-electron chi connectivity index (χ1n) is 7.91. The molecule has 3 rings (SSSR count). The smallest absolute Gasteiger partial charge is 0.351 e. The molecule has 1 amide bonds. The number of anilines is 1. The van der Waals surface area contributed by atoms with Gasteiger partial charge in [-0.25, -0.2) is 9.18 Å². The number of carbonyl (C=O) groups excluding carboxylic acids is 1. The van der Waals surface area contributed by atoms with Crippen molar-refractivity contribution in [3.05, 3.63) is 57.9 Å². The Bertz CT molecular complexity index is 852. The second kappa shape index (κ2) is 7.12. The van der Waals surface area contributed by atoms with Crippen molar-refractivity contribution in [2.45, 2.75) is 32.1 Å². The van der Waals surface area contributed by atoms with E-state index >= 15 is 0 Å². The Balaban J connectivity index is 1.81. The van der Waals surface area contributed by atoms with Gasteiger partial charge in [-0.3, -0.25) is 9.36 Å². The summed E-state index contributed by atoms with van der Waals surface area (Å²) in [5.74, 6) is -1.81. The van der Waals surface area contributed by atoms with E-state index in [9.17, 15) is 14.0 Å². The van der Waals surface area contributed by atoms with Gasteiger partial charge in [0.2, 0.25) is 0 Å². The van der Waals surface area contributed by atoms with Crippen molar-refractivity contribution >= 4 is 11.7 Å². The molecular formula is C17H18FN3O4. The third-order valence-corrected chi connectivity index (χ3v) is 4.02. The Kier molecular flexibility index (Phi) is 4.91. The van der Waals surface area contributed by atoms with Crippen LogP contribution < -0.4 is 11.0 Å². The molecule has 1 saturated heterocycles. The van der Waals surface area contributed by atoms with Crippen LogP contribution in [-0.2, 0) is 4.74 Å². The Hall–Kier alpha value is -2.58. The third kappa shape index (κ3) is 3.75. The van der Waals surface area contributed by atoms with Gasteiger partial charge < -0.3 is 15.2 Å². The maximum Gasteiger partial charge on any atom is 0.351 e. The predicted molar refractivity (Wildman–Crippen MR) is 87.8 cm³/mol. The number of nitrogens with one attached hydrogen (secondary N) is 1. The number of hydrogen-bond donors (Lipinski definition) is 2. The summed E-state index contributed by atoms with van der Waals surface area (Å²) in [6.45, 7) is 1.67. The molecule has 1 aliphatic rings. The first-order chi connectivity index (χ1) is 12.0. The molecule has 132 valence electrons. The molecule has 2 N–H and O–H groups in total. The second-order valence-corrected chi connectivity index (χ2v) is 5.92. The zero-order valence-electron chi connectivity index (χ0n) is 13.6. The molecule has 8 heteroatoms. The number of hydrogen-bond acceptors (Lipinski definition) is 5. The van der Waals surface area contributed by atoms with Gasteiger partial charge in [-0.1, -0.05) is 17.7 Å². The van der Waals surface area contributed by atoms with E-state index in [2.05, 4.69) is 10.3 Å². The predicted octanol–water partition coefficient (Wildman–Crippen LogP) is 1.61. The van der Waals surface area contributed by atoms with Crippen LogP contribution in [0.3, 0.4) is 0 Å². The molecule has 0 aliphatic carbocycles. The first-order valence-corrected chi connectivity index (χ1v) is 7.91. The van der Waals surface area contributed by atoms with Crippen molar-refractivity contribution in [1.29, 1.82) is 0 Å². The number of halogens is 1. The van der Waals surface area contributed by atoms with E-state index in [1.54, 1.807) is 18.2 Å². The lowest BCUT2D eigenvalue weighted by Crippen LogP contribution is -2.30. The first kappa shape index (κ1) is 17.2. The monoisotopic (exact) mass is 347 g/mol. The Morgan fingerprint density at radius 1 is 1.48 bits per heavy atom. The van der Waals surface area contributed by atoms with Crippen LogP contribution in [0.4, 0.5) is 10.2 Å². The minimum Gasteiger partial charge on any atom is -0.394 e. The second-order valence-electron chi connectivity index (χ2n) is 5.92. The van der Waals surface area contributed by atoms with Gasteiger partial charge in [0.15, 0.2) is 11.6 Å². The van der Waals surface area contributed by atoms with Crippen molar-refractivity contribution in [1.82, 2.24) is 9.55 Å². The van der Waals surface area contributed by atoms with Gasteiger partial charge in [0.1, 0.15) is 6.23 Å². The number of benzene rings is 1. The summed E-state index contributed by atoms with van der Waals surface area (Å²) in [5, 5.41) is 11.4. The van der Waals surface area contributed by atoms with Crippen LogP contribution >= 0.6 is 0 Å². The van der Waals surface area contributed by atoms with Gasteiger partial charge in [0.05, 0.1) is 18.9 Å². The molecule has 0 spiro atoms. The van der Waals surface area contributed by atoms with Crippen LogP contribution in [-0.4, -0.2) is 33.3 Å². The number of carbonyl (C=O) groups is 1. The van der Waals surface area contributed by atoms with Crippen LogP contribution in [0.5, 0.6) is 0 Å². The summed E-state index contributed by atoms with van der Waals surface area (Å²) in [6.07, 6.45) is 0.960. The zero-order chi connectivity index (χ0) is 18.0. The summed E-state index contributed by atoms with van der Waals surface area (Å²) >= 11 is 0. The summed E-state index contributed by atoms with van der Waals surface area (Å²) in [6, 6.07) is 6.78. The molecule has 2 aromatic rings. The lowest BCUT2D eigenvalue weighted by molar-refractivity contribution is -0.0249. The van der Waals surface area contributed by atoms with Crippen LogP contribution in [0.25, 0.3) is 0 Å². The van der Waals surface area contributed by atoms with E-state index in [1.165, 1.54) is 0 Å². The molecule has 0 saturated carbocycles. The van der Waals surface area contributed by atoms with Crippen molar-refractivity contribution in [3.63, 3.8) is 0 Å². The fourth-order valence-electron chi connectivity index (χ4n) is 2.73. The zero-order valence-corrected chi connectivity index (χ0v) is 13.6. The molecule has 1 aromatic carbocycles. The number of aromatic nitrogens is 2. The van der Waals surface area contributed by atoms with Crippen LogP contribution in [0.2, 0.25) is 0 Å². The fraction of sp³-hybridized carbons (Fsp3) is 0.353. The summed E-state index contributed by atoms with van der Waals surface area (Å²) in [4.78, 5) is 27.9. The van der Waals surface area contributed by atoms with E-state index in [-0.39, 0.29) is 12.7 Å². The lowest BCUT2D eigenvalue weighted by atomic mass is 10.1. The van der Waals surface area contributed by atoms with Gasteiger partial charge in [-0.2, -0.15) is 4.98 Å². The van der Waals surface area contributed by atoms with Gasteiger partial charge >= 0.3 is 5.69 Å². The number of ether oxygens (including phenoxy) is 1. The van der Waals surface area contributed by atoms with Crippen LogP contribution in [0.15, 0.2) is 35.3 Å². The largest absolute Gasteiger partial charge is 0.394 e. The maximum absolute atomic E-state index is 14.3. The van der Waals surface area contributed by atoms with Crippen molar-refractivity contribution in [2.24, 2.45) is 0 Å². The molecule has 0 radical (unpaired) electrons. The van der Waals surface area contributed by atoms with E-state index in [1.807, 2.05) is 13.0 Å². The number of nitrogens with zero attached hydrogens (tertiary/aromatic N) is 2. The van der Waals surface area contributed by atoms with Crippen LogP contribution in [0.1, 0.15) is 35.0 Å². The summed E-state index contributed by atoms with van der Waals surface area (Å²) in [7, 11) is 0. The number of rotatable bonds is 4. The minimum absolute atomic E-state index is 0.161. The standard InChI is InChI=1S/C17H18FN3O4/c1-10-3-2-4-11(7-10)16(23)19-15-13(18)8-21(17(24)20-15)14-6-5-12(9-22)25-14/h2-4,7-8,12,14,22H,5-6,9H2,1H3,(H,19,20,23,24)/t12-,14+/m0/s1. The lowest BCUT2D eigenvalue weighted by Gasteiger charge is -2.15. The molecule has 1 aromatic heterocycles. The molecule has 1 aliphatic heterocycles. The van der Waals surface area contributed by atoms with Crippen molar-refractivity contribution < 1.29 is 19.0 Å². The highest BCUT2D eigenvalue weighted by atomic mass is 19.1. The van der Waals surface area contributed by atoms with E-state index in [0.717, 1.165) is 16.3 Å². The van der Waals surface area contributed by atoms with Crippen molar-refractivity contribution in [3.8, 4) is 0 Å². The highest BCUT2D eigenvalue weighted by molar-refractivity contribution is 6.03. The van der Waals surface area contributed by atoms with Gasteiger partial charge in [0, 0.05) is 5.56 Å². The number of aryl methyl sites for hydroxylation is 1. The van der Waals surface area contributed by atoms with Crippen LogP contribution in [0, 0.1) is 12.7 Å². The highest BCUT2D eigenvalue weighted by Gasteiger charge is 2.27. The Morgan fingerprint density at radius 2 is 2.28 bits per heavy atom. The third-order valence-electron chi connectivity index (χ3n) is 4.02. The molecular weight excluding hydrogens is 329 g/mol. The summed E-state index contributed by atoms with van der Waals surface area (Å²) in [5.41, 5.74) is 0.494. The molecule has 25 heavy (non-hydrogen) atoms. The fourth-order valence-corrected chi connectivity index (χ4v) is 2.73. The molecule has 0 unspecified atom stereocenters. The highest BCUT2D eigenvalue weighted by Crippen LogP contribution is 2.27. The number of aliphatic hydroxyl groups is 1. The Morgan fingerprint density at radius 3 is 2.96 bits per heavy atom. The molecule has 2 heterocycles. The van der Waals surface area contributed by atoms with E-state index in [0.29, 0.717) is 18.4 Å². The number of amides is 1. The Labute approximate surface area is 143 Å². The maximum atomic E-state index is 14.3. The van der Waals surface area contributed by atoms with E-state index < -0.39 is 29.5 Å². The van der Waals surface area contributed by atoms with Gasteiger partial charge in [-0.05, 0) is 31.9 Å². The number of aliphatic hydroxyl groups excluding tert-OH is 1. The average molecular weight is 347 g/mol. The van der Waals surface area contributed by atoms with Crippen molar-refractivity contribution in [2.75, 3.05) is 11.9 Å². The van der Waals surface area contributed by atoms with Gasteiger partial charge in [-0.15, -0.1) is 0 Å². The molecule has 2 atom stereocenters. The molecule has 1 fully saturated rings. The normalized spacial score (nSPS) is 19.8. The SMILES string of the molecule is Cc1cccc(C(=O)Nc2nc(=O)n([C@H]3CC[C@@H](CO)O3)cc2F)c1. The van der Waals surface area contributed by atoms with Gasteiger partial charge in [0.25, 0.3) is 5.91 Å². The molecule has 7 nitrogen and oxygen atoms in total. The topological polar surface area (TPSA) is 93.5 Å². The minimum atomic E-state index is -0.836.